The highest BCUT2D eigenvalue weighted by molar-refractivity contribution is 7.92. The normalized spacial score (nSPS) is 11.4. The molecule has 2 rings (SSSR count). The maximum Gasteiger partial charge on any atom is 0.352 e. The van der Waals surface area contributed by atoms with Crippen LogP contribution in [-0.4, -0.2) is 24.1 Å². The van der Waals surface area contributed by atoms with Gasteiger partial charge in [0.2, 0.25) is 0 Å². The minimum Gasteiger partial charge on any atom is -0.477 e. The predicted molar refractivity (Wildman–Crippen MR) is 69.5 cm³/mol. The number of nitrogens with zero attached hydrogens (tertiary/aromatic N) is 1. The number of carbonyl (C=O) groups is 1. The van der Waals surface area contributed by atoms with Gasteiger partial charge < -0.3 is 9.67 Å². The number of carboxylic acids is 1. The molecule has 9 heteroatoms. The van der Waals surface area contributed by atoms with Gasteiger partial charge in [0.1, 0.15) is 10.6 Å². The maximum absolute atomic E-state index is 13.5. The first-order chi connectivity index (χ1) is 9.72. The van der Waals surface area contributed by atoms with E-state index in [1.807, 2.05) is 4.72 Å². The first-order valence-electron chi connectivity index (χ1n) is 5.59. The lowest BCUT2D eigenvalue weighted by Gasteiger charge is -2.07. The molecule has 0 aliphatic carbocycles. The number of anilines is 1. The molecule has 0 saturated carbocycles. The molecule has 0 atom stereocenters. The quantitative estimate of drug-likeness (QED) is 0.900. The topological polar surface area (TPSA) is 88.4 Å². The van der Waals surface area contributed by atoms with Crippen molar-refractivity contribution in [2.24, 2.45) is 7.05 Å². The lowest BCUT2D eigenvalue weighted by atomic mass is 10.3. The van der Waals surface area contributed by atoms with Gasteiger partial charge in [0, 0.05) is 13.2 Å². The Hall–Kier alpha value is -2.42. The van der Waals surface area contributed by atoms with Crippen LogP contribution in [0.15, 0.2) is 35.4 Å². The molecule has 0 aliphatic rings. The van der Waals surface area contributed by atoms with Gasteiger partial charge in [-0.1, -0.05) is 6.07 Å². The smallest absolute Gasteiger partial charge is 0.352 e. The summed E-state index contributed by atoms with van der Waals surface area (Å²) in [7, 11) is -2.88. The molecule has 0 spiro atoms. The standard InChI is InChI=1S/C12H10F2N2O4S/c1-16-6-7(5-10(16)12(17)18)21(19,20)15-9-4-2-3-8(13)11(9)14/h2-6,15H,1H3,(H,17,18). The summed E-state index contributed by atoms with van der Waals surface area (Å²) in [4.78, 5) is 10.5. The van der Waals surface area contributed by atoms with Gasteiger partial charge in [-0.15, -0.1) is 0 Å². The molecule has 0 bridgehead atoms. The number of aromatic nitrogens is 1. The number of hydrogen-bond acceptors (Lipinski definition) is 3. The van der Waals surface area contributed by atoms with E-state index in [9.17, 15) is 22.0 Å². The molecule has 0 amide bonds. The summed E-state index contributed by atoms with van der Waals surface area (Å²) >= 11 is 0. The second-order valence-corrected chi connectivity index (χ2v) is 5.87. The SMILES string of the molecule is Cn1cc(S(=O)(=O)Nc2cccc(F)c2F)cc1C(=O)O. The summed E-state index contributed by atoms with van der Waals surface area (Å²) in [6, 6.07) is 3.96. The Morgan fingerprint density at radius 1 is 1.33 bits per heavy atom. The summed E-state index contributed by atoms with van der Waals surface area (Å²) in [6.45, 7) is 0. The van der Waals surface area contributed by atoms with Crippen molar-refractivity contribution in [2.45, 2.75) is 4.90 Å². The van der Waals surface area contributed by atoms with Gasteiger partial charge in [0.25, 0.3) is 10.0 Å². The predicted octanol–water partition coefficient (Wildman–Crippen LogP) is 1.80. The van der Waals surface area contributed by atoms with E-state index in [-0.39, 0.29) is 10.6 Å². The average Bonchev–Trinajstić information content (AvgIpc) is 2.78. The zero-order chi connectivity index (χ0) is 15.8. The second kappa shape index (κ2) is 5.17. The zero-order valence-electron chi connectivity index (χ0n) is 10.7. The number of carboxylic acid groups (broad SMARTS) is 1. The Labute approximate surface area is 118 Å². The third-order valence-corrected chi connectivity index (χ3v) is 4.04. The highest BCUT2D eigenvalue weighted by atomic mass is 32.2. The fourth-order valence-electron chi connectivity index (χ4n) is 1.68. The lowest BCUT2D eigenvalue weighted by molar-refractivity contribution is 0.0686. The van der Waals surface area contributed by atoms with Crippen LogP contribution >= 0.6 is 0 Å². The van der Waals surface area contributed by atoms with Crippen LogP contribution in [0.3, 0.4) is 0 Å². The van der Waals surface area contributed by atoms with Gasteiger partial charge in [0.05, 0.1) is 5.69 Å². The first-order valence-corrected chi connectivity index (χ1v) is 7.07. The minimum absolute atomic E-state index is 0.255. The van der Waals surface area contributed by atoms with Crippen LogP contribution in [0.5, 0.6) is 0 Å². The second-order valence-electron chi connectivity index (χ2n) is 4.18. The molecule has 112 valence electrons. The van der Waals surface area contributed by atoms with E-state index in [2.05, 4.69) is 0 Å². The van der Waals surface area contributed by atoms with E-state index in [0.717, 1.165) is 35.0 Å². The van der Waals surface area contributed by atoms with Crippen molar-refractivity contribution in [1.29, 1.82) is 0 Å². The molecule has 1 aromatic carbocycles. The molecule has 0 saturated heterocycles. The first kappa shape index (κ1) is 15.0. The van der Waals surface area contributed by atoms with Crippen molar-refractivity contribution in [3.8, 4) is 0 Å². The Balaban J connectivity index is 2.41. The highest BCUT2D eigenvalue weighted by Gasteiger charge is 2.22. The molecule has 21 heavy (non-hydrogen) atoms. The third-order valence-electron chi connectivity index (χ3n) is 2.71. The number of sulfonamides is 1. The Kier molecular flexibility index (Phi) is 3.69. The van der Waals surface area contributed by atoms with Crippen molar-refractivity contribution in [2.75, 3.05) is 4.72 Å². The summed E-state index contributed by atoms with van der Waals surface area (Å²) < 4.78 is 53.6. The van der Waals surface area contributed by atoms with Crippen molar-refractivity contribution in [3.05, 3.63) is 47.8 Å². The molecular weight excluding hydrogens is 306 g/mol. The Morgan fingerprint density at radius 2 is 2.00 bits per heavy atom. The zero-order valence-corrected chi connectivity index (χ0v) is 11.5. The summed E-state index contributed by atoms with van der Waals surface area (Å²) in [5.41, 5.74) is -0.814. The molecule has 1 heterocycles. The number of hydrogen-bond donors (Lipinski definition) is 2. The largest absolute Gasteiger partial charge is 0.477 e. The number of aromatic carboxylic acids is 1. The summed E-state index contributed by atoms with van der Waals surface area (Å²) in [5, 5.41) is 8.87. The maximum atomic E-state index is 13.5. The number of halogens is 2. The number of aryl methyl sites for hydroxylation is 1. The monoisotopic (exact) mass is 316 g/mol. The number of rotatable bonds is 4. The fourth-order valence-corrected chi connectivity index (χ4v) is 2.81. The minimum atomic E-state index is -4.23. The molecule has 2 aromatic rings. The van der Waals surface area contributed by atoms with Crippen LogP contribution in [-0.2, 0) is 17.1 Å². The van der Waals surface area contributed by atoms with Gasteiger partial charge in [-0.2, -0.15) is 0 Å². The van der Waals surface area contributed by atoms with Crippen LogP contribution in [0, 0.1) is 11.6 Å². The number of nitrogens with one attached hydrogen (secondary N) is 1. The van der Waals surface area contributed by atoms with E-state index in [1.54, 1.807) is 0 Å². The number of benzene rings is 1. The molecule has 0 radical (unpaired) electrons. The van der Waals surface area contributed by atoms with Crippen LogP contribution in [0.2, 0.25) is 0 Å². The van der Waals surface area contributed by atoms with Crippen molar-refractivity contribution in [3.63, 3.8) is 0 Å². The van der Waals surface area contributed by atoms with E-state index < -0.39 is 33.3 Å². The molecule has 0 fully saturated rings. The van der Waals surface area contributed by atoms with Crippen LogP contribution in [0.25, 0.3) is 0 Å². The molecular formula is C12H10F2N2O4S. The molecule has 2 N–H and O–H groups in total. The molecule has 0 aliphatic heterocycles. The van der Waals surface area contributed by atoms with Crippen LogP contribution < -0.4 is 4.72 Å². The van der Waals surface area contributed by atoms with Gasteiger partial charge >= 0.3 is 5.97 Å². The van der Waals surface area contributed by atoms with E-state index in [4.69, 9.17) is 5.11 Å². The van der Waals surface area contributed by atoms with E-state index in [0.29, 0.717) is 0 Å². The Morgan fingerprint density at radius 3 is 2.57 bits per heavy atom. The fraction of sp³-hybridized carbons (Fsp3) is 0.0833. The van der Waals surface area contributed by atoms with Crippen LogP contribution in [0.1, 0.15) is 10.5 Å². The summed E-state index contributed by atoms with van der Waals surface area (Å²) in [5.74, 6) is -3.85. The van der Waals surface area contributed by atoms with Crippen molar-refractivity contribution >= 4 is 21.7 Å². The van der Waals surface area contributed by atoms with Crippen molar-refractivity contribution < 1.29 is 27.1 Å². The van der Waals surface area contributed by atoms with Gasteiger partial charge in [-0.3, -0.25) is 4.72 Å². The average molecular weight is 316 g/mol. The van der Waals surface area contributed by atoms with Crippen molar-refractivity contribution in [1.82, 2.24) is 4.57 Å². The van der Waals surface area contributed by atoms with Crippen LogP contribution in [0.4, 0.5) is 14.5 Å². The van der Waals surface area contributed by atoms with Gasteiger partial charge in [-0.25, -0.2) is 22.0 Å². The lowest BCUT2D eigenvalue weighted by Crippen LogP contribution is -2.13. The van der Waals surface area contributed by atoms with E-state index in [1.165, 1.54) is 7.05 Å². The molecule has 6 nitrogen and oxygen atoms in total. The molecule has 1 aromatic heterocycles. The van der Waals surface area contributed by atoms with Gasteiger partial charge in [0.15, 0.2) is 11.6 Å². The molecule has 0 unspecified atom stereocenters. The Bertz CT molecular complexity index is 815. The highest BCUT2D eigenvalue weighted by Crippen LogP contribution is 2.22. The summed E-state index contributed by atoms with van der Waals surface area (Å²) in [6.07, 6.45) is 1.06. The van der Waals surface area contributed by atoms with Gasteiger partial charge in [-0.05, 0) is 18.2 Å². The third kappa shape index (κ3) is 2.87. The van der Waals surface area contributed by atoms with E-state index >= 15 is 0 Å².